The second kappa shape index (κ2) is 10.9. The number of hydrogen-bond acceptors (Lipinski definition) is 4. The second-order valence-corrected chi connectivity index (χ2v) is 8.60. The van der Waals surface area contributed by atoms with Crippen LogP contribution >= 0.6 is 0 Å². The number of rotatable bonds is 8. The topological polar surface area (TPSA) is 100 Å². The quantitative estimate of drug-likeness (QED) is 0.397. The van der Waals surface area contributed by atoms with Gasteiger partial charge in [-0.1, -0.05) is 60.7 Å². The molecule has 184 valence electrons. The fourth-order valence-electron chi connectivity index (χ4n) is 3.97. The standard InChI is InChI=1S/C28H29N5O3/c1-4-29-27(35)22-17-33(16-20-11-7-5-8-12-20)18-23(26(22)34)28(36)32(3)19(2)24-15-25(31-30-24)21-13-9-6-10-14-21/h5-15,17-19H,4,16H2,1-3H3,(H,29,35)(H,30,31). The van der Waals surface area contributed by atoms with Gasteiger partial charge in [-0.05, 0) is 25.5 Å². The summed E-state index contributed by atoms with van der Waals surface area (Å²) in [7, 11) is 1.63. The van der Waals surface area contributed by atoms with Crippen molar-refractivity contribution in [2.75, 3.05) is 13.6 Å². The Balaban J connectivity index is 1.66. The minimum atomic E-state index is -0.594. The molecule has 0 aliphatic carbocycles. The molecule has 2 aromatic carbocycles. The molecule has 0 saturated carbocycles. The van der Waals surface area contributed by atoms with Crippen LogP contribution in [0.15, 0.2) is 83.9 Å². The normalized spacial score (nSPS) is 11.6. The monoisotopic (exact) mass is 483 g/mol. The summed E-state index contributed by atoms with van der Waals surface area (Å²) in [5, 5.41) is 10.0. The van der Waals surface area contributed by atoms with Gasteiger partial charge in [0.1, 0.15) is 11.1 Å². The Morgan fingerprint density at radius 1 is 1.03 bits per heavy atom. The number of pyridine rings is 1. The van der Waals surface area contributed by atoms with Crippen molar-refractivity contribution in [1.29, 1.82) is 0 Å². The molecule has 8 nitrogen and oxygen atoms in total. The minimum absolute atomic E-state index is 0.0624. The molecular formula is C28H29N5O3. The van der Waals surface area contributed by atoms with E-state index < -0.39 is 23.3 Å². The zero-order valence-electron chi connectivity index (χ0n) is 20.6. The Hall–Kier alpha value is -4.46. The predicted octanol–water partition coefficient (Wildman–Crippen LogP) is 3.87. The van der Waals surface area contributed by atoms with Crippen LogP contribution < -0.4 is 10.7 Å². The SMILES string of the molecule is CCNC(=O)c1cn(Cc2ccccc2)cc(C(=O)N(C)C(C)c2cc(-c3ccccc3)n[nH]2)c1=O. The maximum atomic E-state index is 13.5. The van der Waals surface area contributed by atoms with Gasteiger partial charge in [-0.2, -0.15) is 5.10 Å². The van der Waals surface area contributed by atoms with E-state index in [0.717, 1.165) is 22.5 Å². The number of hydrogen-bond donors (Lipinski definition) is 2. The number of carbonyl (C=O) groups is 2. The summed E-state index contributed by atoms with van der Waals surface area (Å²) in [4.78, 5) is 40.9. The molecule has 0 spiro atoms. The minimum Gasteiger partial charge on any atom is -0.352 e. The van der Waals surface area contributed by atoms with Gasteiger partial charge >= 0.3 is 0 Å². The van der Waals surface area contributed by atoms with Crippen molar-refractivity contribution in [3.8, 4) is 11.3 Å². The first-order valence-corrected chi connectivity index (χ1v) is 11.8. The fraction of sp³-hybridized carbons (Fsp3) is 0.214. The molecular weight excluding hydrogens is 454 g/mol. The third-order valence-electron chi connectivity index (χ3n) is 6.12. The van der Waals surface area contributed by atoms with Gasteiger partial charge in [0.25, 0.3) is 11.8 Å². The van der Waals surface area contributed by atoms with Gasteiger partial charge in [0.15, 0.2) is 0 Å². The van der Waals surface area contributed by atoms with Crippen LogP contribution in [0, 0.1) is 0 Å². The smallest absolute Gasteiger partial charge is 0.259 e. The molecule has 0 radical (unpaired) electrons. The van der Waals surface area contributed by atoms with Crippen LogP contribution in [0.3, 0.4) is 0 Å². The lowest BCUT2D eigenvalue weighted by Crippen LogP contribution is -2.37. The van der Waals surface area contributed by atoms with Crippen LogP contribution in [-0.4, -0.2) is 45.1 Å². The molecule has 0 aliphatic rings. The lowest BCUT2D eigenvalue weighted by atomic mass is 10.1. The van der Waals surface area contributed by atoms with E-state index in [1.807, 2.05) is 73.7 Å². The number of nitrogens with one attached hydrogen (secondary N) is 2. The zero-order valence-corrected chi connectivity index (χ0v) is 20.6. The Bertz CT molecular complexity index is 1410. The van der Waals surface area contributed by atoms with Crippen molar-refractivity contribution in [3.05, 3.63) is 112 Å². The van der Waals surface area contributed by atoms with Gasteiger partial charge in [0, 0.05) is 38.1 Å². The summed E-state index contributed by atoms with van der Waals surface area (Å²) in [6.07, 6.45) is 3.02. The van der Waals surface area contributed by atoms with Crippen molar-refractivity contribution in [2.24, 2.45) is 0 Å². The van der Waals surface area contributed by atoms with E-state index in [4.69, 9.17) is 0 Å². The first kappa shape index (κ1) is 24.7. The average molecular weight is 484 g/mol. The van der Waals surface area contributed by atoms with Gasteiger partial charge in [-0.25, -0.2) is 0 Å². The average Bonchev–Trinajstić information content (AvgIpc) is 3.40. The molecule has 0 bridgehead atoms. The van der Waals surface area contributed by atoms with Gasteiger partial charge < -0.3 is 14.8 Å². The molecule has 0 saturated heterocycles. The molecule has 2 aromatic heterocycles. The lowest BCUT2D eigenvalue weighted by Gasteiger charge is -2.24. The first-order valence-electron chi connectivity index (χ1n) is 11.8. The second-order valence-electron chi connectivity index (χ2n) is 8.60. The van der Waals surface area contributed by atoms with E-state index in [2.05, 4.69) is 15.5 Å². The predicted molar refractivity (Wildman–Crippen MR) is 139 cm³/mol. The summed E-state index contributed by atoms with van der Waals surface area (Å²) < 4.78 is 1.71. The van der Waals surface area contributed by atoms with Gasteiger partial charge in [0.05, 0.1) is 17.4 Å². The van der Waals surface area contributed by atoms with Gasteiger partial charge in [-0.3, -0.25) is 19.5 Å². The molecule has 1 atom stereocenters. The molecule has 0 aliphatic heterocycles. The molecule has 36 heavy (non-hydrogen) atoms. The highest BCUT2D eigenvalue weighted by molar-refractivity contribution is 5.99. The van der Waals surface area contributed by atoms with Crippen LogP contribution in [0.1, 0.15) is 51.9 Å². The van der Waals surface area contributed by atoms with Gasteiger partial charge in [-0.15, -0.1) is 0 Å². The third kappa shape index (κ3) is 5.27. The number of benzene rings is 2. The highest BCUT2D eigenvalue weighted by Gasteiger charge is 2.26. The number of aromatic amines is 1. The van der Waals surface area contributed by atoms with E-state index in [1.165, 1.54) is 17.3 Å². The van der Waals surface area contributed by atoms with Crippen molar-refractivity contribution in [2.45, 2.75) is 26.4 Å². The Kier molecular flexibility index (Phi) is 7.44. The largest absolute Gasteiger partial charge is 0.352 e. The maximum absolute atomic E-state index is 13.5. The van der Waals surface area contributed by atoms with E-state index in [1.54, 1.807) is 18.5 Å². The van der Waals surface area contributed by atoms with E-state index >= 15 is 0 Å². The van der Waals surface area contributed by atoms with Crippen molar-refractivity contribution >= 4 is 11.8 Å². The summed E-state index contributed by atoms with van der Waals surface area (Å²) >= 11 is 0. The Morgan fingerprint density at radius 3 is 2.33 bits per heavy atom. The van der Waals surface area contributed by atoms with Gasteiger partial charge in [0.2, 0.25) is 5.43 Å². The molecule has 2 N–H and O–H groups in total. The molecule has 4 aromatic rings. The molecule has 0 fully saturated rings. The van der Waals surface area contributed by atoms with Crippen molar-refractivity contribution < 1.29 is 9.59 Å². The highest BCUT2D eigenvalue weighted by atomic mass is 16.2. The van der Waals surface area contributed by atoms with Crippen molar-refractivity contribution in [1.82, 2.24) is 25.0 Å². The maximum Gasteiger partial charge on any atom is 0.259 e. The van der Waals surface area contributed by atoms with Crippen molar-refractivity contribution in [3.63, 3.8) is 0 Å². The molecule has 2 heterocycles. The van der Waals surface area contributed by atoms with E-state index in [-0.39, 0.29) is 11.1 Å². The van der Waals surface area contributed by atoms with Crippen LogP contribution in [0.4, 0.5) is 0 Å². The number of amides is 2. The number of aromatic nitrogens is 3. The molecule has 4 rings (SSSR count). The molecule has 2 amide bonds. The molecule has 1 unspecified atom stereocenters. The molecule has 8 heteroatoms. The summed E-state index contributed by atoms with van der Waals surface area (Å²) in [5.41, 5.74) is 2.72. The van der Waals surface area contributed by atoms with Crippen LogP contribution in [0.2, 0.25) is 0 Å². The van der Waals surface area contributed by atoms with E-state index in [0.29, 0.717) is 13.1 Å². The summed E-state index contributed by atoms with van der Waals surface area (Å²) in [6.45, 7) is 4.42. The fourth-order valence-corrected chi connectivity index (χ4v) is 3.97. The Labute approximate surface area is 209 Å². The lowest BCUT2D eigenvalue weighted by molar-refractivity contribution is 0.0737. The van der Waals surface area contributed by atoms with E-state index in [9.17, 15) is 14.4 Å². The highest BCUT2D eigenvalue weighted by Crippen LogP contribution is 2.24. The number of nitrogens with zero attached hydrogens (tertiary/aromatic N) is 3. The summed E-state index contributed by atoms with van der Waals surface area (Å²) in [5.74, 6) is -0.980. The van der Waals surface area contributed by atoms with Crippen LogP contribution in [0.25, 0.3) is 11.3 Å². The zero-order chi connectivity index (χ0) is 25.7. The number of H-pyrrole nitrogens is 1. The Morgan fingerprint density at radius 2 is 1.67 bits per heavy atom. The van der Waals surface area contributed by atoms with Crippen LogP contribution in [0.5, 0.6) is 0 Å². The third-order valence-corrected chi connectivity index (χ3v) is 6.12. The number of carbonyl (C=O) groups excluding carboxylic acids is 2. The summed E-state index contributed by atoms with van der Waals surface area (Å²) in [6, 6.07) is 20.9. The van der Waals surface area contributed by atoms with Crippen LogP contribution in [-0.2, 0) is 6.54 Å². The first-order chi connectivity index (χ1) is 17.4.